The van der Waals surface area contributed by atoms with Crippen LogP contribution in [0.15, 0.2) is 6.20 Å². The van der Waals surface area contributed by atoms with E-state index in [4.69, 9.17) is 14.2 Å². The average Bonchev–Trinajstić information content (AvgIpc) is 2.71. The van der Waals surface area contributed by atoms with Gasteiger partial charge in [0.2, 0.25) is 0 Å². The largest absolute Gasteiger partial charge is 0.462 e. The van der Waals surface area contributed by atoms with Gasteiger partial charge in [0.1, 0.15) is 5.56 Å². The second-order valence-corrected chi connectivity index (χ2v) is 3.60. The molecule has 1 heterocycles. The molecule has 102 valence electrons. The van der Waals surface area contributed by atoms with Gasteiger partial charge in [-0.2, -0.15) is 5.10 Å². The molecule has 6 heteroatoms. The Bertz CT molecular complexity index is 376. The van der Waals surface area contributed by atoms with E-state index >= 15 is 0 Å². The first-order valence-electron chi connectivity index (χ1n) is 6.04. The van der Waals surface area contributed by atoms with Gasteiger partial charge in [0.25, 0.3) is 0 Å². The van der Waals surface area contributed by atoms with Crippen molar-refractivity contribution < 1.29 is 19.0 Å². The van der Waals surface area contributed by atoms with Gasteiger partial charge in [0, 0.05) is 13.7 Å². The molecule has 1 aromatic rings. The van der Waals surface area contributed by atoms with E-state index in [0.717, 1.165) is 0 Å². The molecule has 1 aromatic heterocycles. The molecule has 0 unspecified atom stereocenters. The highest BCUT2D eigenvalue weighted by molar-refractivity contribution is 5.90. The molecular weight excluding hydrogens is 236 g/mol. The summed E-state index contributed by atoms with van der Waals surface area (Å²) in [6, 6.07) is 0. The van der Waals surface area contributed by atoms with E-state index in [9.17, 15) is 4.79 Å². The van der Waals surface area contributed by atoms with Gasteiger partial charge in [-0.15, -0.1) is 0 Å². The molecule has 0 aliphatic heterocycles. The molecule has 0 aliphatic rings. The molecule has 0 bridgehead atoms. The molecule has 1 rings (SSSR count). The van der Waals surface area contributed by atoms with E-state index in [-0.39, 0.29) is 5.97 Å². The van der Waals surface area contributed by atoms with Gasteiger partial charge in [-0.05, 0) is 13.8 Å². The highest BCUT2D eigenvalue weighted by Crippen LogP contribution is 2.10. The second-order valence-electron chi connectivity index (χ2n) is 3.60. The monoisotopic (exact) mass is 256 g/mol. The molecular formula is C12H20N2O4. The number of aryl methyl sites for hydroxylation is 1. The fraction of sp³-hybridized carbons (Fsp3) is 0.667. The van der Waals surface area contributed by atoms with E-state index in [2.05, 4.69) is 5.10 Å². The molecule has 0 fully saturated rings. The molecule has 0 aliphatic carbocycles. The number of hydrogen-bond acceptors (Lipinski definition) is 5. The van der Waals surface area contributed by atoms with E-state index in [0.29, 0.717) is 44.3 Å². The summed E-state index contributed by atoms with van der Waals surface area (Å²) in [5.41, 5.74) is 1.17. The first-order valence-corrected chi connectivity index (χ1v) is 6.04. The van der Waals surface area contributed by atoms with E-state index in [1.165, 1.54) is 6.20 Å². The van der Waals surface area contributed by atoms with Gasteiger partial charge >= 0.3 is 5.97 Å². The van der Waals surface area contributed by atoms with Crippen LogP contribution in [0.4, 0.5) is 0 Å². The van der Waals surface area contributed by atoms with Gasteiger partial charge in [0.15, 0.2) is 0 Å². The Kier molecular flexibility index (Phi) is 6.38. The second kappa shape index (κ2) is 7.84. The number of aromatic nitrogens is 2. The minimum Gasteiger partial charge on any atom is -0.462 e. The molecule has 0 aromatic carbocycles. The van der Waals surface area contributed by atoms with Crippen LogP contribution in [-0.2, 0) is 27.9 Å². The van der Waals surface area contributed by atoms with Crippen molar-refractivity contribution in [2.75, 3.05) is 26.4 Å². The van der Waals surface area contributed by atoms with Crippen LogP contribution in [0.1, 0.15) is 29.9 Å². The van der Waals surface area contributed by atoms with Crippen molar-refractivity contribution in [2.45, 2.75) is 20.5 Å². The summed E-state index contributed by atoms with van der Waals surface area (Å²) in [6.45, 7) is 6.07. The summed E-state index contributed by atoms with van der Waals surface area (Å²) in [5, 5.41) is 4.04. The Morgan fingerprint density at radius 3 is 2.67 bits per heavy atom. The van der Waals surface area contributed by atoms with Crippen LogP contribution in [0.5, 0.6) is 0 Å². The standard InChI is InChI=1S/C12H20N2O4/c1-4-16-6-7-17-9-11-10(8-13-14(11)3)12(15)18-5-2/h8H,4-7,9H2,1-3H3. The zero-order valence-electron chi connectivity index (χ0n) is 11.1. The number of nitrogens with zero attached hydrogens (tertiary/aromatic N) is 2. The zero-order chi connectivity index (χ0) is 13.4. The maximum atomic E-state index is 11.7. The van der Waals surface area contributed by atoms with Crippen molar-refractivity contribution in [3.8, 4) is 0 Å². The summed E-state index contributed by atoms with van der Waals surface area (Å²) in [4.78, 5) is 11.7. The summed E-state index contributed by atoms with van der Waals surface area (Å²) >= 11 is 0. The molecule has 0 spiro atoms. The molecule has 0 saturated heterocycles. The number of esters is 1. The lowest BCUT2D eigenvalue weighted by atomic mass is 10.2. The minimum absolute atomic E-state index is 0.317. The summed E-state index contributed by atoms with van der Waals surface area (Å²) in [6.07, 6.45) is 1.50. The van der Waals surface area contributed by atoms with E-state index in [1.807, 2.05) is 6.92 Å². The fourth-order valence-electron chi connectivity index (χ4n) is 1.44. The van der Waals surface area contributed by atoms with Crippen LogP contribution in [0.25, 0.3) is 0 Å². The molecule has 0 N–H and O–H groups in total. The topological polar surface area (TPSA) is 62.6 Å². The predicted molar refractivity (Wildman–Crippen MR) is 65.3 cm³/mol. The summed E-state index contributed by atoms with van der Waals surface area (Å²) in [7, 11) is 1.77. The predicted octanol–water partition coefficient (Wildman–Crippen LogP) is 1.15. The summed E-state index contributed by atoms with van der Waals surface area (Å²) in [5.74, 6) is -0.367. The van der Waals surface area contributed by atoms with E-state index < -0.39 is 0 Å². The van der Waals surface area contributed by atoms with Gasteiger partial charge in [-0.3, -0.25) is 4.68 Å². The normalized spacial score (nSPS) is 10.6. The third-order valence-corrected chi connectivity index (χ3v) is 2.37. The molecule has 6 nitrogen and oxygen atoms in total. The molecule has 0 amide bonds. The van der Waals surface area contributed by atoms with Crippen LogP contribution >= 0.6 is 0 Å². The van der Waals surface area contributed by atoms with Crippen molar-refractivity contribution in [3.05, 3.63) is 17.5 Å². The SMILES string of the molecule is CCOCCOCc1c(C(=O)OCC)cnn1C. The Labute approximate surface area is 107 Å². The van der Waals surface area contributed by atoms with Crippen molar-refractivity contribution in [1.82, 2.24) is 9.78 Å². The molecule has 0 saturated carbocycles. The van der Waals surface area contributed by atoms with Crippen LogP contribution in [0.3, 0.4) is 0 Å². The molecule has 18 heavy (non-hydrogen) atoms. The van der Waals surface area contributed by atoms with Crippen molar-refractivity contribution >= 4 is 5.97 Å². The van der Waals surface area contributed by atoms with Crippen molar-refractivity contribution in [2.24, 2.45) is 7.05 Å². The third-order valence-electron chi connectivity index (χ3n) is 2.37. The lowest BCUT2D eigenvalue weighted by molar-refractivity contribution is 0.0408. The van der Waals surface area contributed by atoms with Gasteiger partial charge in [-0.1, -0.05) is 0 Å². The zero-order valence-corrected chi connectivity index (χ0v) is 11.1. The maximum absolute atomic E-state index is 11.7. The number of carbonyl (C=O) groups is 1. The minimum atomic E-state index is -0.367. The Hall–Kier alpha value is -1.40. The number of hydrogen-bond donors (Lipinski definition) is 0. The molecule has 0 atom stereocenters. The number of ether oxygens (including phenoxy) is 3. The smallest absolute Gasteiger partial charge is 0.341 e. The van der Waals surface area contributed by atoms with E-state index in [1.54, 1.807) is 18.7 Å². The van der Waals surface area contributed by atoms with Gasteiger partial charge in [-0.25, -0.2) is 4.79 Å². The van der Waals surface area contributed by atoms with Crippen molar-refractivity contribution in [3.63, 3.8) is 0 Å². The highest BCUT2D eigenvalue weighted by atomic mass is 16.5. The number of rotatable bonds is 8. The Morgan fingerprint density at radius 2 is 2.00 bits per heavy atom. The quantitative estimate of drug-likeness (QED) is 0.515. The van der Waals surface area contributed by atoms with Crippen LogP contribution < -0.4 is 0 Å². The average molecular weight is 256 g/mol. The van der Waals surface area contributed by atoms with Crippen molar-refractivity contribution in [1.29, 1.82) is 0 Å². The van der Waals surface area contributed by atoms with Crippen LogP contribution in [-0.4, -0.2) is 42.2 Å². The van der Waals surface area contributed by atoms with Crippen LogP contribution in [0, 0.1) is 0 Å². The third kappa shape index (κ3) is 4.12. The Morgan fingerprint density at radius 1 is 1.28 bits per heavy atom. The Balaban J connectivity index is 2.53. The fourth-order valence-corrected chi connectivity index (χ4v) is 1.44. The first-order chi connectivity index (χ1) is 8.70. The first kappa shape index (κ1) is 14.7. The van der Waals surface area contributed by atoms with Gasteiger partial charge in [0.05, 0.1) is 38.3 Å². The van der Waals surface area contributed by atoms with Gasteiger partial charge < -0.3 is 14.2 Å². The number of carbonyl (C=O) groups excluding carboxylic acids is 1. The van der Waals surface area contributed by atoms with Crippen LogP contribution in [0.2, 0.25) is 0 Å². The molecule has 0 radical (unpaired) electrons. The lowest BCUT2D eigenvalue weighted by Gasteiger charge is -2.07. The highest BCUT2D eigenvalue weighted by Gasteiger charge is 2.16. The maximum Gasteiger partial charge on any atom is 0.341 e. The summed E-state index contributed by atoms with van der Waals surface area (Å²) < 4.78 is 17.2. The lowest BCUT2D eigenvalue weighted by Crippen LogP contribution is -2.11.